The number of hydrogen-bond acceptors (Lipinski definition) is 2. The lowest BCUT2D eigenvalue weighted by atomic mass is 9.91. The molecule has 0 spiro atoms. The molecule has 110 valence electrons. The maximum absolute atomic E-state index is 3.69. The molecule has 0 saturated carbocycles. The molecule has 2 atom stereocenters. The Bertz CT molecular complexity index is 389. The number of rotatable bonds is 6. The van der Waals surface area contributed by atoms with Gasteiger partial charge in [0.1, 0.15) is 0 Å². The van der Waals surface area contributed by atoms with Crippen LogP contribution >= 0.6 is 0 Å². The fourth-order valence-corrected chi connectivity index (χ4v) is 4.06. The highest BCUT2D eigenvalue weighted by Crippen LogP contribution is 2.36. The molecule has 0 radical (unpaired) electrons. The van der Waals surface area contributed by atoms with Crippen molar-refractivity contribution in [1.29, 1.82) is 0 Å². The van der Waals surface area contributed by atoms with Gasteiger partial charge in [0.15, 0.2) is 0 Å². The van der Waals surface area contributed by atoms with E-state index in [-0.39, 0.29) is 0 Å². The standard InChI is InChI=1S/C18H28N2/c1-20-17-9-10-18(20)13-16(12-17)14-19-11-5-8-15-6-3-2-4-7-15/h2-4,6-7,16-19H,5,8-14H2,1H3. The highest BCUT2D eigenvalue weighted by atomic mass is 15.2. The van der Waals surface area contributed by atoms with Crippen LogP contribution in [0.15, 0.2) is 30.3 Å². The minimum absolute atomic E-state index is 0.880. The highest BCUT2D eigenvalue weighted by molar-refractivity contribution is 5.14. The second kappa shape index (κ2) is 6.73. The lowest BCUT2D eigenvalue weighted by Crippen LogP contribution is -2.42. The molecule has 0 aromatic heterocycles. The maximum atomic E-state index is 3.69. The summed E-state index contributed by atoms with van der Waals surface area (Å²) in [6, 6.07) is 12.6. The molecule has 2 heterocycles. The number of fused-ring (bicyclic) bond motifs is 2. The van der Waals surface area contributed by atoms with Gasteiger partial charge in [-0.3, -0.25) is 0 Å². The van der Waals surface area contributed by atoms with Crippen LogP contribution in [-0.4, -0.2) is 37.1 Å². The molecule has 1 aromatic rings. The van der Waals surface area contributed by atoms with E-state index in [1.165, 1.54) is 50.6 Å². The van der Waals surface area contributed by atoms with Gasteiger partial charge >= 0.3 is 0 Å². The first kappa shape index (κ1) is 14.1. The first-order chi connectivity index (χ1) is 9.83. The van der Waals surface area contributed by atoms with Crippen molar-refractivity contribution in [2.45, 2.75) is 50.6 Å². The molecule has 2 unspecified atom stereocenters. The predicted molar refractivity (Wildman–Crippen MR) is 84.9 cm³/mol. The molecule has 20 heavy (non-hydrogen) atoms. The first-order valence-corrected chi connectivity index (χ1v) is 8.29. The number of piperidine rings is 1. The Labute approximate surface area is 123 Å². The van der Waals surface area contributed by atoms with E-state index in [0.717, 1.165) is 24.5 Å². The monoisotopic (exact) mass is 272 g/mol. The van der Waals surface area contributed by atoms with Gasteiger partial charge in [-0.1, -0.05) is 30.3 Å². The van der Waals surface area contributed by atoms with Crippen molar-refractivity contribution < 1.29 is 0 Å². The summed E-state index contributed by atoms with van der Waals surface area (Å²) in [5.41, 5.74) is 1.46. The number of benzene rings is 1. The second-order valence-corrected chi connectivity index (χ2v) is 6.68. The van der Waals surface area contributed by atoms with Crippen LogP contribution in [0.3, 0.4) is 0 Å². The summed E-state index contributed by atoms with van der Waals surface area (Å²) in [5.74, 6) is 0.917. The van der Waals surface area contributed by atoms with E-state index in [4.69, 9.17) is 0 Å². The van der Waals surface area contributed by atoms with Crippen molar-refractivity contribution >= 4 is 0 Å². The summed E-state index contributed by atoms with van der Waals surface area (Å²) in [4.78, 5) is 2.63. The summed E-state index contributed by atoms with van der Waals surface area (Å²) < 4.78 is 0. The van der Waals surface area contributed by atoms with Gasteiger partial charge in [0, 0.05) is 12.1 Å². The number of nitrogens with one attached hydrogen (secondary N) is 1. The highest BCUT2D eigenvalue weighted by Gasteiger charge is 2.37. The average Bonchev–Trinajstić information content (AvgIpc) is 2.70. The van der Waals surface area contributed by atoms with Gasteiger partial charge in [0.2, 0.25) is 0 Å². The third-order valence-electron chi connectivity index (χ3n) is 5.29. The molecule has 2 nitrogen and oxygen atoms in total. The molecule has 2 aliphatic rings. The van der Waals surface area contributed by atoms with Crippen molar-refractivity contribution in [2.75, 3.05) is 20.1 Å². The van der Waals surface area contributed by atoms with Gasteiger partial charge in [0.25, 0.3) is 0 Å². The normalized spacial score (nSPS) is 29.8. The van der Waals surface area contributed by atoms with E-state index in [1.54, 1.807) is 0 Å². The summed E-state index contributed by atoms with van der Waals surface area (Å²) in [5, 5.41) is 3.69. The van der Waals surface area contributed by atoms with Gasteiger partial charge in [-0.05, 0) is 70.1 Å². The predicted octanol–water partition coefficient (Wildman–Crippen LogP) is 3.08. The lowest BCUT2D eigenvalue weighted by Gasteiger charge is -2.36. The second-order valence-electron chi connectivity index (χ2n) is 6.68. The van der Waals surface area contributed by atoms with Crippen molar-refractivity contribution in [3.05, 3.63) is 35.9 Å². The van der Waals surface area contributed by atoms with Crippen molar-refractivity contribution in [2.24, 2.45) is 5.92 Å². The zero-order chi connectivity index (χ0) is 13.8. The molecule has 2 bridgehead atoms. The molecule has 2 heteroatoms. The Kier molecular flexibility index (Phi) is 4.74. The molecular formula is C18H28N2. The number of aryl methyl sites for hydroxylation is 1. The lowest BCUT2D eigenvalue weighted by molar-refractivity contribution is 0.133. The van der Waals surface area contributed by atoms with Crippen molar-refractivity contribution in [3.8, 4) is 0 Å². The SMILES string of the molecule is CN1C2CCC1CC(CNCCCc1ccccc1)C2. The van der Waals surface area contributed by atoms with Crippen molar-refractivity contribution in [1.82, 2.24) is 10.2 Å². The number of nitrogens with zero attached hydrogens (tertiary/aromatic N) is 1. The quantitative estimate of drug-likeness (QED) is 0.801. The topological polar surface area (TPSA) is 15.3 Å². The van der Waals surface area contributed by atoms with Crippen LogP contribution < -0.4 is 5.32 Å². The van der Waals surface area contributed by atoms with E-state index in [1.807, 2.05) is 0 Å². The van der Waals surface area contributed by atoms with Crippen molar-refractivity contribution in [3.63, 3.8) is 0 Å². The first-order valence-electron chi connectivity index (χ1n) is 8.29. The molecule has 1 N–H and O–H groups in total. The molecule has 0 aliphatic carbocycles. The number of hydrogen-bond donors (Lipinski definition) is 1. The van der Waals surface area contributed by atoms with Crippen LogP contribution in [0.2, 0.25) is 0 Å². The Hall–Kier alpha value is -0.860. The summed E-state index contributed by atoms with van der Waals surface area (Å²) in [6.07, 6.45) is 8.16. The van der Waals surface area contributed by atoms with Gasteiger partial charge in [0.05, 0.1) is 0 Å². The third-order valence-corrected chi connectivity index (χ3v) is 5.29. The third kappa shape index (κ3) is 3.42. The minimum Gasteiger partial charge on any atom is -0.316 e. The molecule has 3 rings (SSSR count). The summed E-state index contributed by atoms with van der Waals surface area (Å²) in [7, 11) is 2.33. The largest absolute Gasteiger partial charge is 0.316 e. The Morgan fingerprint density at radius 1 is 1.10 bits per heavy atom. The van der Waals surface area contributed by atoms with Gasteiger partial charge in [-0.25, -0.2) is 0 Å². The van der Waals surface area contributed by atoms with Crippen LogP contribution in [0.5, 0.6) is 0 Å². The van der Waals surface area contributed by atoms with Crippen LogP contribution in [0.1, 0.15) is 37.7 Å². The Balaban J connectivity index is 1.31. The van der Waals surface area contributed by atoms with Gasteiger partial charge in [-0.15, -0.1) is 0 Å². The van der Waals surface area contributed by atoms with Crippen LogP contribution in [-0.2, 0) is 6.42 Å². The van der Waals surface area contributed by atoms with E-state index >= 15 is 0 Å². The fourth-order valence-electron chi connectivity index (χ4n) is 4.06. The van der Waals surface area contributed by atoms with E-state index in [9.17, 15) is 0 Å². The average molecular weight is 272 g/mol. The minimum atomic E-state index is 0.880. The molecule has 2 fully saturated rings. The van der Waals surface area contributed by atoms with E-state index < -0.39 is 0 Å². The van der Waals surface area contributed by atoms with Crippen LogP contribution in [0.4, 0.5) is 0 Å². The maximum Gasteiger partial charge on any atom is 0.00988 e. The van der Waals surface area contributed by atoms with Crippen LogP contribution in [0.25, 0.3) is 0 Å². The van der Waals surface area contributed by atoms with Crippen LogP contribution in [0, 0.1) is 5.92 Å². The summed E-state index contributed by atoms with van der Waals surface area (Å²) >= 11 is 0. The van der Waals surface area contributed by atoms with E-state index in [0.29, 0.717) is 0 Å². The summed E-state index contributed by atoms with van der Waals surface area (Å²) in [6.45, 7) is 2.40. The van der Waals surface area contributed by atoms with E-state index in [2.05, 4.69) is 47.6 Å². The zero-order valence-electron chi connectivity index (χ0n) is 12.7. The molecule has 1 aromatic carbocycles. The van der Waals surface area contributed by atoms with Gasteiger partial charge in [-0.2, -0.15) is 0 Å². The Morgan fingerprint density at radius 2 is 1.80 bits per heavy atom. The molecule has 0 amide bonds. The molecule has 2 saturated heterocycles. The van der Waals surface area contributed by atoms with Gasteiger partial charge < -0.3 is 10.2 Å². The fraction of sp³-hybridized carbons (Fsp3) is 0.667. The molecule has 2 aliphatic heterocycles. The zero-order valence-corrected chi connectivity index (χ0v) is 12.7. The molecular weight excluding hydrogens is 244 g/mol. The smallest absolute Gasteiger partial charge is 0.00988 e. The Morgan fingerprint density at radius 3 is 2.50 bits per heavy atom.